The van der Waals surface area contributed by atoms with Crippen LogP contribution in [0.3, 0.4) is 0 Å². The standard InChI is InChI=1S/C14H18INO2/c1-2-5-14(6-7-14)9-16-13(18)11-8-10(15)3-4-12(11)17/h3-4,8,17H,2,5-7,9H2,1H3,(H,16,18). The Balaban J connectivity index is 1.98. The van der Waals surface area contributed by atoms with Crippen molar-refractivity contribution in [3.8, 4) is 5.75 Å². The lowest BCUT2D eigenvalue weighted by Gasteiger charge is -2.15. The lowest BCUT2D eigenvalue weighted by molar-refractivity contribution is 0.0941. The van der Waals surface area contributed by atoms with Gasteiger partial charge in [-0.05, 0) is 65.5 Å². The number of hydrogen-bond acceptors (Lipinski definition) is 2. The highest BCUT2D eigenvalue weighted by Gasteiger charge is 2.41. The van der Waals surface area contributed by atoms with Crippen molar-refractivity contribution in [3.63, 3.8) is 0 Å². The molecule has 18 heavy (non-hydrogen) atoms. The molecule has 0 bridgehead atoms. The van der Waals surface area contributed by atoms with Crippen molar-refractivity contribution in [1.29, 1.82) is 0 Å². The van der Waals surface area contributed by atoms with Crippen LogP contribution in [0.2, 0.25) is 0 Å². The van der Waals surface area contributed by atoms with E-state index in [-0.39, 0.29) is 11.7 Å². The molecule has 4 heteroatoms. The lowest BCUT2D eigenvalue weighted by Crippen LogP contribution is -2.30. The quantitative estimate of drug-likeness (QED) is 0.793. The van der Waals surface area contributed by atoms with Gasteiger partial charge < -0.3 is 10.4 Å². The van der Waals surface area contributed by atoms with Gasteiger partial charge in [0.05, 0.1) is 5.56 Å². The molecule has 98 valence electrons. The zero-order valence-corrected chi connectivity index (χ0v) is 12.7. The van der Waals surface area contributed by atoms with Gasteiger partial charge in [0.25, 0.3) is 5.91 Å². The molecule has 1 amide bonds. The number of aromatic hydroxyl groups is 1. The van der Waals surface area contributed by atoms with Crippen LogP contribution in [0.5, 0.6) is 5.75 Å². The summed E-state index contributed by atoms with van der Waals surface area (Å²) < 4.78 is 0.949. The van der Waals surface area contributed by atoms with Gasteiger partial charge in [-0.3, -0.25) is 4.79 Å². The molecular formula is C14H18INO2. The minimum Gasteiger partial charge on any atom is -0.507 e. The summed E-state index contributed by atoms with van der Waals surface area (Å²) in [6.07, 6.45) is 4.74. The summed E-state index contributed by atoms with van der Waals surface area (Å²) in [5.74, 6) is -0.123. The first-order valence-corrected chi connectivity index (χ1v) is 7.41. The highest BCUT2D eigenvalue weighted by atomic mass is 127. The summed E-state index contributed by atoms with van der Waals surface area (Å²) in [7, 11) is 0. The maximum atomic E-state index is 12.0. The Labute approximate surface area is 121 Å². The van der Waals surface area contributed by atoms with Crippen LogP contribution < -0.4 is 5.32 Å². The van der Waals surface area contributed by atoms with Crippen molar-refractivity contribution in [1.82, 2.24) is 5.32 Å². The molecular weight excluding hydrogens is 341 g/mol. The molecule has 0 aromatic heterocycles. The molecule has 2 rings (SSSR count). The van der Waals surface area contributed by atoms with Crippen molar-refractivity contribution >= 4 is 28.5 Å². The zero-order valence-electron chi connectivity index (χ0n) is 10.5. The topological polar surface area (TPSA) is 49.3 Å². The molecule has 0 radical (unpaired) electrons. The van der Waals surface area contributed by atoms with E-state index in [4.69, 9.17) is 0 Å². The monoisotopic (exact) mass is 359 g/mol. The summed E-state index contributed by atoms with van der Waals surface area (Å²) in [5, 5.41) is 12.6. The third kappa shape index (κ3) is 3.16. The number of rotatable bonds is 5. The van der Waals surface area contributed by atoms with E-state index in [2.05, 4.69) is 34.8 Å². The van der Waals surface area contributed by atoms with E-state index in [9.17, 15) is 9.90 Å². The predicted molar refractivity (Wildman–Crippen MR) is 79.7 cm³/mol. The highest BCUT2D eigenvalue weighted by molar-refractivity contribution is 14.1. The first-order chi connectivity index (χ1) is 8.56. The largest absolute Gasteiger partial charge is 0.507 e. The molecule has 0 unspecified atom stereocenters. The molecule has 2 N–H and O–H groups in total. The molecule has 0 saturated heterocycles. The van der Waals surface area contributed by atoms with Crippen LogP contribution in [0.4, 0.5) is 0 Å². The van der Waals surface area contributed by atoms with Crippen LogP contribution in [0, 0.1) is 8.99 Å². The van der Waals surface area contributed by atoms with Gasteiger partial charge in [0.2, 0.25) is 0 Å². The van der Waals surface area contributed by atoms with Gasteiger partial charge in [-0.2, -0.15) is 0 Å². The normalized spacial score (nSPS) is 16.3. The fraction of sp³-hybridized carbons (Fsp3) is 0.500. The van der Waals surface area contributed by atoms with E-state index >= 15 is 0 Å². The van der Waals surface area contributed by atoms with Crippen LogP contribution in [0.15, 0.2) is 18.2 Å². The zero-order chi connectivity index (χ0) is 13.2. The molecule has 1 fully saturated rings. The number of benzene rings is 1. The Bertz CT molecular complexity index is 455. The molecule has 0 heterocycles. The van der Waals surface area contributed by atoms with Crippen LogP contribution >= 0.6 is 22.6 Å². The van der Waals surface area contributed by atoms with Gasteiger partial charge >= 0.3 is 0 Å². The van der Waals surface area contributed by atoms with Crippen LogP contribution in [0.1, 0.15) is 43.0 Å². The minimum atomic E-state index is -0.173. The van der Waals surface area contributed by atoms with Crippen molar-refractivity contribution in [2.75, 3.05) is 6.54 Å². The summed E-state index contributed by atoms with van der Waals surface area (Å²) in [4.78, 5) is 12.0. The first-order valence-electron chi connectivity index (χ1n) is 6.33. The Morgan fingerprint density at radius 3 is 2.83 bits per heavy atom. The van der Waals surface area contributed by atoms with Crippen molar-refractivity contribution in [2.24, 2.45) is 5.41 Å². The average Bonchev–Trinajstić information content (AvgIpc) is 3.10. The summed E-state index contributed by atoms with van der Waals surface area (Å²) >= 11 is 2.13. The molecule has 0 spiro atoms. The Kier molecular flexibility index (Phi) is 4.14. The van der Waals surface area contributed by atoms with E-state index < -0.39 is 0 Å². The van der Waals surface area contributed by atoms with E-state index in [1.54, 1.807) is 18.2 Å². The maximum Gasteiger partial charge on any atom is 0.255 e. The number of nitrogens with one attached hydrogen (secondary N) is 1. The molecule has 1 aromatic carbocycles. The molecule has 1 aromatic rings. The highest BCUT2D eigenvalue weighted by Crippen LogP contribution is 2.48. The Hall–Kier alpha value is -0.780. The smallest absolute Gasteiger partial charge is 0.255 e. The predicted octanol–water partition coefficient (Wildman–Crippen LogP) is 3.31. The SMILES string of the molecule is CCCC1(CNC(=O)c2cc(I)ccc2O)CC1. The molecule has 1 aliphatic rings. The van der Waals surface area contributed by atoms with Gasteiger partial charge in [-0.25, -0.2) is 0 Å². The number of phenols is 1. The van der Waals surface area contributed by atoms with Gasteiger partial charge in [0, 0.05) is 10.1 Å². The fourth-order valence-corrected chi connectivity index (χ4v) is 2.77. The number of carbonyl (C=O) groups excluding carboxylic acids is 1. The lowest BCUT2D eigenvalue weighted by atomic mass is 10.0. The van der Waals surface area contributed by atoms with Crippen molar-refractivity contribution in [2.45, 2.75) is 32.6 Å². The molecule has 1 saturated carbocycles. The maximum absolute atomic E-state index is 12.0. The third-order valence-electron chi connectivity index (χ3n) is 3.56. The number of carbonyl (C=O) groups is 1. The molecule has 0 atom stereocenters. The van der Waals surface area contributed by atoms with Crippen LogP contribution in [0.25, 0.3) is 0 Å². The Morgan fingerprint density at radius 2 is 2.22 bits per heavy atom. The van der Waals surface area contributed by atoms with Gasteiger partial charge in [0.1, 0.15) is 5.75 Å². The third-order valence-corrected chi connectivity index (χ3v) is 4.24. The fourth-order valence-electron chi connectivity index (χ4n) is 2.28. The van der Waals surface area contributed by atoms with Crippen molar-refractivity contribution in [3.05, 3.63) is 27.3 Å². The number of halogens is 1. The second kappa shape index (κ2) is 5.47. The molecule has 3 nitrogen and oxygen atoms in total. The van der Waals surface area contributed by atoms with Gasteiger partial charge in [0.15, 0.2) is 0 Å². The number of phenolic OH excluding ortho intramolecular Hbond substituents is 1. The number of hydrogen-bond donors (Lipinski definition) is 2. The minimum absolute atomic E-state index is 0.0493. The van der Waals surface area contributed by atoms with Crippen molar-refractivity contribution < 1.29 is 9.90 Å². The summed E-state index contributed by atoms with van der Waals surface area (Å²) in [5.41, 5.74) is 0.705. The second-order valence-corrected chi connectivity index (χ2v) is 6.34. The summed E-state index contributed by atoms with van der Waals surface area (Å²) in [6.45, 7) is 2.90. The van der Waals surface area contributed by atoms with Crippen LogP contribution in [-0.4, -0.2) is 17.6 Å². The molecule has 1 aliphatic carbocycles. The van der Waals surface area contributed by atoms with E-state index in [0.29, 0.717) is 11.0 Å². The average molecular weight is 359 g/mol. The van der Waals surface area contributed by atoms with Crippen LogP contribution in [-0.2, 0) is 0 Å². The van der Waals surface area contributed by atoms with E-state index in [1.807, 2.05) is 0 Å². The van der Waals surface area contributed by atoms with Gasteiger partial charge in [-0.15, -0.1) is 0 Å². The van der Waals surface area contributed by atoms with E-state index in [0.717, 1.165) is 16.5 Å². The second-order valence-electron chi connectivity index (χ2n) is 5.09. The molecule has 0 aliphatic heterocycles. The Morgan fingerprint density at radius 1 is 1.50 bits per heavy atom. The van der Waals surface area contributed by atoms with Gasteiger partial charge in [-0.1, -0.05) is 13.3 Å². The van der Waals surface area contributed by atoms with E-state index in [1.165, 1.54) is 19.3 Å². The first kappa shape index (κ1) is 13.6. The summed E-state index contributed by atoms with van der Waals surface area (Å²) in [6, 6.07) is 5.06. The number of amides is 1.